The maximum atomic E-state index is 13.2. The first-order chi connectivity index (χ1) is 15.2. The van der Waals surface area contributed by atoms with Gasteiger partial charge in [-0.25, -0.2) is 4.79 Å². The van der Waals surface area contributed by atoms with E-state index in [1.54, 1.807) is 7.11 Å². The van der Waals surface area contributed by atoms with Crippen molar-refractivity contribution in [3.63, 3.8) is 0 Å². The molecule has 2 N–H and O–H groups in total. The lowest BCUT2D eigenvalue weighted by Gasteiger charge is -2.57. The molecule has 0 aromatic carbocycles. The largest absolute Gasteiger partial charge is 0.385 e. The van der Waals surface area contributed by atoms with Crippen LogP contribution in [0.3, 0.4) is 0 Å². The Morgan fingerprint density at radius 1 is 1.03 bits per heavy atom. The Morgan fingerprint density at radius 2 is 1.84 bits per heavy atom. The SMILES string of the molecule is COCCCNC(=O)N1C[C@@H]2CCCN3CCC[C@@H]([C@H]23)[C@H]1CCCC(=O)NCC1CC1. The van der Waals surface area contributed by atoms with E-state index in [0.717, 1.165) is 38.3 Å². The number of ether oxygens (including phenoxy) is 1. The normalized spacial score (nSPS) is 30.5. The number of hydrogen-bond acceptors (Lipinski definition) is 4. The zero-order valence-corrected chi connectivity index (χ0v) is 19.3. The van der Waals surface area contributed by atoms with Crippen molar-refractivity contribution in [1.29, 1.82) is 0 Å². The molecule has 7 heteroatoms. The van der Waals surface area contributed by atoms with Crippen LogP contribution in [0.25, 0.3) is 0 Å². The number of carbonyl (C=O) groups excluding carboxylic acids is 2. The van der Waals surface area contributed by atoms with Crippen molar-refractivity contribution >= 4 is 11.9 Å². The van der Waals surface area contributed by atoms with Crippen LogP contribution in [0.1, 0.15) is 64.2 Å². The average molecular weight is 435 g/mol. The number of rotatable bonds is 10. The summed E-state index contributed by atoms with van der Waals surface area (Å²) >= 11 is 0. The number of likely N-dealkylation sites (tertiary alicyclic amines) is 1. The first-order valence-corrected chi connectivity index (χ1v) is 12.7. The van der Waals surface area contributed by atoms with Gasteiger partial charge in [0.1, 0.15) is 0 Å². The number of nitrogens with zero attached hydrogens (tertiary/aromatic N) is 2. The molecular formula is C24H42N4O3. The molecule has 0 aromatic rings. The van der Waals surface area contributed by atoms with E-state index in [9.17, 15) is 9.59 Å². The molecule has 0 aromatic heterocycles. The van der Waals surface area contributed by atoms with Crippen molar-refractivity contribution < 1.29 is 14.3 Å². The van der Waals surface area contributed by atoms with Gasteiger partial charge in [0.15, 0.2) is 0 Å². The highest BCUT2D eigenvalue weighted by molar-refractivity contribution is 5.76. The van der Waals surface area contributed by atoms with Crippen LogP contribution in [0.15, 0.2) is 0 Å². The van der Waals surface area contributed by atoms with E-state index in [-0.39, 0.29) is 18.0 Å². The van der Waals surface area contributed by atoms with Crippen LogP contribution in [-0.4, -0.2) is 80.3 Å². The summed E-state index contributed by atoms with van der Waals surface area (Å²) in [6.45, 7) is 5.48. The van der Waals surface area contributed by atoms with E-state index in [1.165, 1.54) is 51.6 Å². The maximum absolute atomic E-state index is 13.2. The Hall–Kier alpha value is -1.34. The average Bonchev–Trinajstić information content (AvgIpc) is 3.61. The second kappa shape index (κ2) is 11.0. The van der Waals surface area contributed by atoms with Crippen molar-refractivity contribution in [2.24, 2.45) is 17.8 Å². The van der Waals surface area contributed by atoms with E-state index in [0.29, 0.717) is 37.5 Å². The number of piperidine rings is 3. The van der Waals surface area contributed by atoms with E-state index in [4.69, 9.17) is 4.74 Å². The first-order valence-electron chi connectivity index (χ1n) is 12.7. The highest BCUT2D eigenvalue weighted by Gasteiger charge is 2.49. The smallest absolute Gasteiger partial charge is 0.317 e. The number of hydrogen-bond donors (Lipinski definition) is 2. The summed E-state index contributed by atoms with van der Waals surface area (Å²) in [7, 11) is 1.70. The first kappa shape index (κ1) is 22.8. The van der Waals surface area contributed by atoms with Gasteiger partial charge in [0.05, 0.1) is 0 Å². The monoisotopic (exact) mass is 434 g/mol. The van der Waals surface area contributed by atoms with Gasteiger partial charge in [-0.1, -0.05) is 0 Å². The van der Waals surface area contributed by atoms with Gasteiger partial charge in [0, 0.05) is 51.9 Å². The van der Waals surface area contributed by atoms with Crippen LogP contribution < -0.4 is 10.6 Å². The molecule has 4 fully saturated rings. The predicted octanol–water partition coefficient (Wildman–Crippen LogP) is 2.60. The van der Waals surface area contributed by atoms with Crippen LogP contribution in [0, 0.1) is 17.8 Å². The number of urea groups is 1. The molecule has 0 bridgehead atoms. The molecule has 0 spiro atoms. The van der Waals surface area contributed by atoms with Gasteiger partial charge < -0.3 is 20.3 Å². The third kappa shape index (κ3) is 5.92. The minimum atomic E-state index is 0.0837. The molecule has 3 heterocycles. The number of nitrogens with one attached hydrogen (secondary N) is 2. The van der Waals surface area contributed by atoms with E-state index < -0.39 is 0 Å². The minimum absolute atomic E-state index is 0.0837. The molecule has 4 aliphatic rings. The predicted molar refractivity (Wildman–Crippen MR) is 121 cm³/mol. The minimum Gasteiger partial charge on any atom is -0.385 e. The summed E-state index contributed by atoms with van der Waals surface area (Å²) in [5.41, 5.74) is 0. The second-order valence-corrected chi connectivity index (χ2v) is 10.2. The van der Waals surface area contributed by atoms with Gasteiger partial charge in [-0.15, -0.1) is 0 Å². The molecule has 1 aliphatic carbocycles. The topological polar surface area (TPSA) is 73.9 Å². The molecule has 0 unspecified atom stereocenters. The number of methoxy groups -OCH3 is 1. The summed E-state index contributed by atoms with van der Waals surface area (Å²) < 4.78 is 5.12. The second-order valence-electron chi connectivity index (χ2n) is 10.2. The van der Waals surface area contributed by atoms with Gasteiger partial charge in [0.2, 0.25) is 5.91 Å². The summed E-state index contributed by atoms with van der Waals surface area (Å²) in [6, 6.07) is 0.968. The van der Waals surface area contributed by atoms with Crippen LogP contribution >= 0.6 is 0 Å². The zero-order valence-electron chi connectivity index (χ0n) is 19.3. The lowest BCUT2D eigenvalue weighted by molar-refractivity contribution is -0.121. The summed E-state index contributed by atoms with van der Waals surface area (Å²) in [5.74, 6) is 2.05. The molecule has 3 aliphatic heterocycles. The van der Waals surface area contributed by atoms with Crippen molar-refractivity contribution in [3.05, 3.63) is 0 Å². The quantitative estimate of drug-likeness (QED) is 0.519. The fourth-order valence-electron chi connectivity index (χ4n) is 6.25. The van der Waals surface area contributed by atoms with Gasteiger partial charge in [-0.2, -0.15) is 0 Å². The fraction of sp³-hybridized carbons (Fsp3) is 0.917. The maximum Gasteiger partial charge on any atom is 0.317 e. The third-order valence-corrected chi connectivity index (χ3v) is 7.92. The summed E-state index contributed by atoms with van der Waals surface area (Å²) in [4.78, 5) is 30.3. The van der Waals surface area contributed by atoms with E-state index >= 15 is 0 Å². The van der Waals surface area contributed by atoms with Crippen LogP contribution in [0.5, 0.6) is 0 Å². The molecule has 176 valence electrons. The van der Waals surface area contributed by atoms with Crippen LogP contribution in [0.2, 0.25) is 0 Å². The van der Waals surface area contributed by atoms with Crippen LogP contribution in [-0.2, 0) is 9.53 Å². The van der Waals surface area contributed by atoms with E-state index in [1.807, 2.05) is 0 Å². The highest BCUT2D eigenvalue weighted by atomic mass is 16.5. The summed E-state index contributed by atoms with van der Waals surface area (Å²) in [5, 5.41) is 6.23. The molecule has 0 radical (unpaired) electrons. The van der Waals surface area contributed by atoms with Gasteiger partial charge in [-0.3, -0.25) is 9.69 Å². The number of carbonyl (C=O) groups is 2. The van der Waals surface area contributed by atoms with Crippen molar-refractivity contribution in [3.8, 4) is 0 Å². The van der Waals surface area contributed by atoms with Gasteiger partial charge in [0.25, 0.3) is 0 Å². The molecule has 3 amide bonds. The molecule has 4 atom stereocenters. The van der Waals surface area contributed by atoms with Crippen molar-refractivity contribution in [1.82, 2.24) is 20.4 Å². The van der Waals surface area contributed by atoms with Crippen LogP contribution in [0.4, 0.5) is 4.79 Å². The Labute approximate surface area is 187 Å². The van der Waals surface area contributed by atoms with Crippen molar-refractivity contribution in [2.45, 2.75) is 76.3 Å². The molecule has 1 saturated carbocycles. The van der Waals surface area contributed by atoms with Crippen molar-refractivity contribution in [2.75, 3.05) is 46.4 Å². The lowest BCUT2D eigenvalue weighted by atomic mass is 9.69. The molecular weight excluding hydrogens is 392 g/mol. The molecule has 3 saturated heterocycles. The third-order valence-electron chi connectivity index (χ3n) is 7.92. The molecule has 4 rings (SSSR count). The van der Waals surface area contributed by atoms with Gasteiger partial charge in [-0.05, 0) is 88.6 Å². The van der Waals surface area contributed by atoms with Gasteiger partial charge >= 0.3 is 6.03 Å². The fourth-order valence-corrected chi connectivity index (χ4v) is 6.25. The number of amides is 3. The summed E-state index contributed by atoms with van der Waals surface area (Å²) in [6.07, 6.45) is 10.7. The molecule has 7 nitrogen and oxygen atoms in total. The highest BCUT2D eigenvalue weighted by Crippen LogP contribution is 2.43. The standard InChI is InChI=1S/C24H42N4O3/c1-31-15-5-12-25-24(30)28-17-19-6-3-13-27-14-4-7-20(23(19)27)21(28)8-2-9-22(29)26-16-18-10-11-18/h18-21,23H,2-17H2,1H3,(H,25,30)(H,26,29)/t19-,20+,21+,23-/m0/s1. The Kier molecular flexibility index (Phi) is 8.10. The lowest BCUT2D eigenvalue weighted by Crippen LogP contribution is -2.66. The Balaban J connectivity index is 1.37. The molecule has 31 heavy (non-hydrogen) atoms. The Morgan fingerprint density at radius 3 is 2.61 bits per heavy atom. The van der Waals surface area contributed by atoms with E-state index in [2.05, 4.69) is 20.4 Å². The Bertz CT molecular complexity index is 610. The zero-order chi connectivity index (χ0) is 21.6.